The zero-order valence-corrected chi connectivity index (χ0v) is 21.1. The maximum Gasteiger partial charge on any atom is 0.252 e. The average Bonchev–Trinajstić information content (AvgIpc) is 3.46. The normalized spacial score (nSPS) is 16.4. The Hall–Kier alpha value is -3.00. The van der Waals surface area contributed by atoms with Gasteiger partial charge in [-0.25, -0.2) is 17.7 Å². The highest BCUT2D eigenvalue weighted by Crippen LogP contribution is 2.36. The summed E-state index contributed by atoms with van der Waals surface area (Å²) in [6, 6.07) is 4.02. The fraction of sp³-hybridized carbons (Fsp3) is 0.381. The summed E-state index contributed by atoms with van der Waals surface area (Å²) in [7, 11) is 1.40. The third kappa shape index (κ3) is 3.74. The van der Waals surface area contributed by atoms with Crippen molar-refractivity contribution in [1.82, 2.24) is 28.7 Å². The molecule has 13 heteroatoms. The minimum atomic E-state index is -3.53. The largest absolute Gasteiger partial charge is 0.352 e. The van der Waals surface area contributed by atoms with E-state index >= 15 is 0 Å². The van der Waals surface area contributed by atoms with Crippen molar-refractivity contribution in [3.63, 3.8) is 0 Å². The topological polar surface area (TPSA) is 127 Å². The van der Waals surface area contributed by atoms with Crippen molar-refractivity contribution in [2.45, 2.75) is 23.6 Å². The molecule has 1 saturated heterocycles. The molecule has 34 heavy (non-hydrogen) atoms. The van der Waals surface area contributed by atoms with Gasteiger partial charge in [0, 0.05) is 63.7 Å². The average molecular weight is 502 g/mol. The molecule has 180 valence electrons. The van der Waals surface area contributed by atoms with E-state index in [0.29, 0.717) is 32.8 Å². The van der Waals surface area contributed by atoms with Gasteiger partial charge in [0.15, 0.2) is 5.65 Å². The lowest BCUT2D eigenvalue weighted by Crippen LogP contribution is -2.52. The summed E-state index contributed by atoms with van der Waals surface area (Å²) in [5.41, 5.74) is 9.10. The molecule has 4 aromatic heterocycles. The molecule has 0 bridgehead atoms. The third-order valence-corrected chi connectivity index (χ3v) is 9.60. The molecule has 1 aliphatic heterocycles. The van der Waals surface area contributed by atoms with Gasteiger partial charge in [-0.15, -0.1) is 11.3 Å². The Labute approximate surface area is 201 Å². The number of fused-ring (bicyclic) bond motifs is 1. The molecule has 0 spiro atoms. The minimum absolute atomic E-state index is 0.244. The Morgan fingerprint density at radius 1 is 1.26 bits per heavy atom. The molecule has 1 atom stereocenters. The Morgan fingerprint density at radius 2 is 2.06 bits per heavy atom. The van der Waals surface area contributed by atoms with Gasteiger partial charge >= 0.3 is 0 Å². The summed E-state index contributed by atoms with van der Waals surface area (Å²) in [4.78, 5) is 7.11. The second-order valence-electron chi connectivity index (χ2n) is 8.56. The van der Waals surface area contributed by atoms with Crippen LogP contribution in [0.4, 0.5) is 16.6 Å². The lowest BCUT2D eigenvalue weighted by molar-refractivity contribution is 0.452. The Morgan fingerprint density at radius 3 is 2.68 bits per heavy atom. The molecule has 1 fully saturated rings. The monoisotopic (exact) mass is 501 g/mol. The first-order valence-corrected chi connectivity index (χ1v) is 13.1. The van der Waals surface area contributed by atoms with E-state index in [1.54, 1.807) is 28.5 Å². The van der Waals surface area contributed by atoms with Crippen molar-refractivity contribution < 1.29 is 8.42 Å². The summed E-state index contributed by atoms with van der Waals surface area (Å²) in [6.45, 7) is 3.23. The molecule has 0 amide bonds. The van der Waals surface area contributed by atoms with Crippen molar-refractivity contribution in [3.05, 3.63) is 36.3 Å². The molecule has 0 aliphatic carbocycles. The number of rotatable bonds is 7. The van der Waals surface area contributed by atoms with Gasteiger partial charge in [-0.05, 0) is 25.0 Å². The molecular formula is C21H27N9O2S2. The number of aryl methyl sites for hydroxylation is 2. The predicted molar refractivity (Wildman–Crippen MR) is 133 cm³/mol. The van der Waals surface area contributed by atoms with Gasteiger partial charge in [0.2, 0.25) is 0 Å². The predicted octanol–water partition coefficient (Wildman–Crippen LogP) is 2.03. The highest BCUT2D eigenvalue weighted by Gasteiger charge is 2.29. The highest BCUT2D eigenvalue weighted by molar-refractivity contribution is 7.91. The number of nitrogens with two attached hydrogens (primary N) is 1. The first-order valence-electron chi connectivity index (χ1n) is 10.8. The summed E-state index contributed by atoms with van der Waals surface area (Å²) in [6.07, 6.45) is 6.50. The number of anilines is 3. The fourth-order valence-electron chi connectivity index (χ4n) is 4.01. The van der Waals surface area contributed by atoms with Crippen LogP contribution >= 0.6 is 11.3 Å². The van der Waals surface area contributed by atoms with Crippen LogP contribution in [0.25, 0.3) is 16.8 Å². The van der Waals surface area contributed by atoms with Crippen molar-refractivity contribution >= 4 is 43.6 Å². The van der Waals surface area contributed by atoms with Gasteiger partial charge in [0.1, 0.15) is 15.8 Å². The smallest absolute Gasteiger partial charge is 0.252 e. The zero-order valence-electron chi connectivity index (χ0n) is 19.4. The van der Waals surface area contributed by atoms with Crippen LogP contribution in [0, 0.1) is 6.92 Å². The van der Waals surface area contributed by atoms with Crippen LogP contribution in [-0.2, 0) is 17.1 Å². The molecule has 5 rings (SSSR count). The number of hydrogen-bond acceptors (Lipinski definition) is 9. The van der Waals surface area contributed by atoms with E-state index in [-0.39, 0.29) is 6.04 Å². The van der Waals surface area contributed by atoms with Crippen LogP contribution in [0.15, 0.2) is 34.9 Å². The van der Waals surface area contributed by atoms with Crippen LogP contribution in [0.2, 0.25) is 0 Å². The molecular weight excluding hydrogens is 474 g/mol. The Kier molecular flexibility index (Phi) is 5.59. The lowest BCUT2D eigenvalue weighted by Gasteiger charge is -2.41. The van der Waals surface area contributed by atoms with E-state index in [4.69, 9.17) is 10.7 Å². The Bertz CT molecular complexity index is 1470. The number of aromatic nitrogens is 5. The quantitative estimate of drug-likeness (QED) is 0.394. The van der Waals surface area contributed by atoms with E-state index in [1.807, 2.05) is 25.4 Å². The third-order valence-electron chi connectivity index (χ3n) is 6.02. The maximum absolute atomic E-state index is 12.7. The molecule has 0 radical (unpaired) electrons. The first-order chi connectivity index (χ1) is 16.2. The first kappa shape index (κ1) is 22.8. The van der Waals surface area contributed by atoms with E-state index in [0.717, 1.165) is 29.9 Å². The SMILES string of the molecule is Cc1cc(Nc2cc(N3CCC3CN)nc3c(-c4cnn(C)c4)cnn23)sc1S(=O)(=O)N(C)C. The standard InChI is InChI=1S/C21H27N9O2S2/c1-13-7-19(33-21(13)34(31,32)27(2)3)25-18-8-17(29-6-5-15(29)9-22)26-20-16(11-24-30(18)20)14-10-23-28(4)12-14/h7-8,10-12,15,25H,5-6,9,22H2,1-4H3. The summed E-state index contributed by atoms with van der Waals surface area (Å²) in [5.74, 6) is 1.49. The zero-order chi connectivity index (χ0) is 24.2. The lowest BCUT2D eigenvalue weighted by atomic mass is 10.0. The molecule has 4 aromatic rings. The van der Waals surface area contributed by atoms with Gasteiger partial charge in [0.25, 0.3) is 10.0 Å². The van der Waals surface area contributed by atoms with Crippen LogP contribution in [-0.4, -0.2) is 70.3 Å². The molecule has 3 N–H and O–H groups in total. The van der Waals surface area contributed by atoms with Gasteiger partial charge in [0.05, 0.1) is 17.4 Å². The van der Waals surface area contributed by atoms with Crippen molar-refractivity contribution in [2.24, 2.45) is 12.8 Å². The van der Waals surface area contributed by atoms with E-state index in [1.165, 1.54) is 29.7 Å². The summed E-state index contributed by atoms with van der Waals surface area (Å²) < 4.78 is 30.4. The van der Waals surface area contributed by atoms with Gasteiger partial charge < -0.3 is 16.0 Å². The fourth-order valence-corrected chi connectivity index (χ4v) is 6.76. The van der Waals surface area contributed by atoms with Gasteiger partial charge in [-0.2, -0.15) is 14.7 Å². The van der Waals surface area contributed by atoms with Crippen molar-refractivity contribution in [1.29, 1.82) is 0 Å². The number of nitrogens with one attached hydrogen (secondary N) is 1. The number of thiophene rings is 1. The van der Waals surface area contributed by atoms with E-state index in [2.05, 4.69) is 20.4 Å². The minimum Gasteiger partial charge on any atom is -0.352 e. The van der Waals surface area contributed by atoms with Crippen molar-refractivity contribution in [3.8, 4) is 11.1 Å². The number of hydrogen-bond donors (Lipinski definition) is 2. The van der Waals surface area contributed by atoms with Crippen molar-refractivity contribution in [2.75, 3.05) is 37.4 Å². The van der Waals surface area contributed by atoms with Crippen LogP contribution in [0.1, 0.15) is 12.0 Å². The molecule has 1 unspecified atom stereocenters. The van der Waals surface area contributed by atoms with Gasteiger partial charge in [-0.1, -0.05) is 0 Å². The van der Waals surface area contributed by atoms with E-state index in [9.17, 15) is 8.42 Å². The molecule has 1 aliphatic rings. The number of nitrogens with zero attached hydrogens (tertiary/aromatic N) is 7. The molecule has 0 saturated carbocycles. The molecule has 5 heterocycles. The maximum atomic E-state index is 12.7. The second kappa shape index (κ2) is 8.34. The highest BCUT2D eigenvalue weighted by atomic mass is 32.2. The summed E-state index contributed by atoms with van der Waals surface area (Å²) >= 11 is 1.19. The second-order valence-corrected chi connectivity index (χ2v) is 12.0. The van der Waals surface area contributed by atoms with Crippen LogP contribution in [0.5, 0.6) is 0 Å². The molecule has 11 nitrogen and oxygen atoms in total. The van der Waals surface area contributed by atoms with Crippen LogP contribution < -0.4 is 16.0 Å². The summed E-state index contributed by atoms with van der Waals surface area (Å²) in [5, 5.41) is 12.9. The number of sulfonamides is 1. The van der Waals surface area contributed by atoms with Gasteiger partial charge in [-0.3, -0.25) is 4.68 Å². The molecule has 0 aromatic carbocycles. The van der Waals surface area contributed by atoms with E-state index < -0.39 is 10.0 Å². The Balaban J connectivity index is 1.61. The van der Waals surface area contributed by atoms with Crippen LogP contribution in [0.3, 0.4) is 0 Å².